The van der Waals surface area contributed by atoms with E-state index in [1.165, 1.54) is 6.07 Å². The van der Waals surface area contributed by atoms with Crippen LogP contribution in [0.5, 0.6) is 0 Å². The number of nitrogens with one attached hydrogen (secondary N) is 1. The highest BCUT2D eigenvalue weighted by Crippen LogP contribution is 2.37. The molecule has 0 aromatic heterocycles. The van der Waals surface area contributed by atoms with Crippen LogP contribution in [0.4, 0.5) is 28.9 Å². The van der Waals surface area contributed by atoms with Crippen LogP contribution in [-0.2, 0) is 20.9 Å². The minimum atomic E-state index is -4.90. The standard InChI is InChI=1S/C31H35F4N5O3/c1-19-16-40(17-20(2)38(19)3)28-7-5-22(23-12-21(4-6-26(23)32)18-39-8-10-43-11-9-39)13-27(28)37-30(42)24-15-36-29(41)14-25(24)31(33,34)35/h4-7,12-15,19-20,24H,8-11,16-18H2,1-3H3,(H,37,42)/t19-,20+,24?. The van der Waals surface area contributed by atoms with Crippen molar-refractivity contribution >= 4 is 29.4 Å². The van der Waals surface area contributed by atoms with E-state index in [1.807, 2.05) is 7.05 Å². The summed E-state index contributed by atoms with van der Waals surface area (Å²) in [6.07, 6.45) is -3.83. The van der Waals surface area contributed by atoms with Gasteiger partial charge in [0.15, 0.2) is 0 Å². The number of hydrogen-bond donors (Lipinski definition) is 1. The zero-order chi connectivity index (χ0) is 30.9. The lowest BCUT2D eigenvalue weighted by atomic mass is 9.95. The van der Waals surface area contributed by atoms with Gasteiger partial charge in [0.2, 0.25) is 5.91 Å². The molecular weight excluding hydrogens is 566 g/mol. The quantitative estimate of drug-likeness (QED) is 0.492. The van der Waals surface area contributed by atoms with Crippen molar-refractivity contribution in [3.05, 3.63) is 59.4 Å². The topological polar surface area (TPSA) is 77.5 Å². The Labute approximate surface area is 248 Å². The second kappa shape index (κ2) is 12.6. The van der Waals surface area contributed by atoms with Crippen molar-refractivity contribution in [1.82, 2.24) is 9.80 Å². The van der Waals surface area contributed by atoms with Crippen molar-refractivity contribution < 1.29 is 31.9 Å². The van der Waals surface area contributed by atoms with Crippen LogP contribution in [0, 0.1) is 11.7 Å². The molecule has 2 amide bonds. The first-order chi connectivity index (χ1) is 20.4. The molecule has 0 spiro atoms. The van der Waals surface area contributed by atoms with Crippen LogP contribution in [-0.4, -0.2) is 92.5 Å². The largest absolute Gasteiger partial charge is 0.414 e. The maximum Gasteiger partial charge on any atom is 0.414 e. The van der Waals surface area contributed by atoms with Crippen LogP contribution in [0.2, 0.25) is 0 Å². The number of hydrogen-bond acceptors (Lipinski definition) is 6. The van der Waals surface area contributed by atoms with Gasteiger partial charge in [0.1, 0.15) is 11.7 Å². The lowest BCUT2D eigenvalue weighted by molar-refractivity contribution is -0.124. The number of morpholine rings is 1. The van der Waals surface area contributed by atoms with Crippen molar-refractivity contribution in [1.29, 1.82) is 0 Å². The average Bonchev–Trinajstić information content (AvgIpc) is 2.96. The Morgan fingerprint density at radius 1 is 1.07 bits per heavy atom. The number of benzene rings is 2. The maximum atomic E-state index is 15.2. The van der Waals surface area contributed by atoms with Gasteiger partial charge in [-0.1, -0.05) is 12.1 Å². The summed E-state index contributed by atoms with van der Waals surface area (Å²) in [6.45, 7) is 8.77. The first-order valence-electron chi connectivity index (χ1n) is 14.3. The van der Waals surface area contributed by atoms with Gasteiger partial charge in [0, 0.05) is 62.7 Å². The molecule has 2 saturated heterocycles. The normalized spacial score (nSPS) is 23.8. The minimum Gasteiger partial charge on any atom is -0.379 e. The molecule has 1 unspecified atom stereocenters. The van der Waals surface area contributed by atoms with Crippen molar-refractivity contribution in [3.8, 4) is 11.1 Å². The first-order valence-corrected chi connectivity index (χ1v) is 14.3. The third kappa shape index (κ3) is 6.97. The van der Waals surface area contributed by atoms with E-state index in [9.17, 15) is 22.8 Å². The van der Waals surface area contributed by atoms with E-state index in [0.29, 0.717) is 55.7 Å². The summed E-state index contributed by atoms with van der Waals surface area (Å²) in [7, 11) is 2.03. The Hall–Kier alpha value is -3.61. The molecule has 8 nitrogen and oxygen atoms in total. The van der Waals surface area contributed by atoms with E-state index >= 15 is 4.39 Å². The second-order valence-electron chi connectivity index (χ2n) is 11.4. The van der Waals surface area contributed by atoms with Gasteiger partial charge in [-0.2, -0.15) is 13.2 Å². The molecule has 0 bridgehead atoms. The van der Waals surface area contributed by atoms with E-state index in [-0.39, 0.29) is 17.8 Å². The van der Waals surface area contributed by atoms with Gasteiger partial charge in [-0.25, -0.2) is 9.38 Å². The van der Waals surface area contributed by atoms with Gasteiger partial charge in [0.05, 0.1) is 30.2 Å². The molecule has 0 radical (unpaired) electrons. The highest BCUT2D eigenvalue weighted by Gasteiger charge is 2.43. The number of dihydropyridines is 1. The van der Waals surface area contributed by atoms with E-state index < -0.39 is 35.3 Å². The summed E-state index contributed by atoms with van der Waals surface area (Å²) in [6, 6.07) is 10.3. The van der Waals surface area contributed by atoms with Gasteiger partial charge < -0.3 is 15.0 Å². The van der Waals surface area contributed by atoms with Crippen LogP contribution < -0.4 is 10.2 Å². The highest BCUT2D eigenvalue weighted by molar-refractivity contribution is 6.11. The summed E-state index contributed by atoms with van der Waals surface area (Å²) in [4.78, 5) is 34.9. The average molecular weight is 602 g/mol. The fraction of sp³-hybridized carbons (Fsp3) is 0.452. The molecule has 12 heteroatoms. The van der Waals surface area contributed by atoms with Gasteiger partial charge in [0.25, 0.3) is 5.91 Å². The molecule has 43 heavy (non-hydrogen) atoms. The van der Waals surface area contributed by atoms with Crippen LogP contribution in [0.15, 0.2) is 53.0 Å². The van der Waals surface area contributed by atoms with Crippen molar-refractivity contribution in [2.24, 2.45) is 10.9 Å². The van der Waals surface area contributed by atoms with E-state index in [0.717, 1.165) is 24.9 Å². The summed E-state index contributed by atoms with van der Waals surface area (Å²) in [5.74, 6) is -4.34. The Kier molecular flexibility index (Phi) is 9.00. The molecule has 2 fully saturated rings. The highest BCUT2D eigenvalue weighted by atomic mass is 19.4. The van der Waals surface area contributed by atoms with E-state index in [2.05, 4.69) is 38.9 Å². The molecule has 2 aromatic carbocycles. The molecule has 1 N–H and O–H groups in total. The number of carbonyl (C=O) groups excluding carboxylic acids is 2. The number of likely N-dealkylation sites (N-methyl/N-ethyl adjacent to an activating group) is 1. The van der Waals surface area contributed by atoms with Gasteiger partial charge >= 0.3 is 6.18 Å². The Bertz CT molecular complexity index is 1420. The molecular formula is C31H35F4N5O3. The number of nitrogens with zero attached hydrogens (tertiary/aromatic N) is 4. The number of carbonyl (C=O) groups is 2. The number of amides is 2. The summed E-state index contributed by atoms with van der Waals surface area (Å²) in [5.41, 5.74) is 1.25. The van der Waals surface area contributed by atoms with Gasteiger partial charge in [-0.05, 0) is 56.3 Å². The zero-order valence-corrected chi connectivity index (χ0v) is 24.3. The second-order valence-corrected chi connectivity index (χ2v) is 11.4. The fourth-order valence-corrected chi connectivity index (χ4v) is 5.76. The summed E-state index contributed by atoms with van der Waals surface area (Å²) < 4.78 is 61.9. The van der Waals surface area contributed by atoms with Gasteiger partial charge in [-0.3, -0.25) is 19.4 Å². The van der Waals surface area contributed by atoms with Gasteiger partial charge in [-0.15, -0.1) is 0 Å². The molecule has 0 saturated carbocycles. The lowest BCUT2D eigenvalue weighted by Gasteiger charge is -2.44. The number of ether oxygens (including phenoxy) is 1. The molecule has 3 heterocycles. The van der Waals surface area contributed by atoms with Crippen LogP contribution in [0.25, 0.3) is 11.1 Å². The molecule has 3 aliphatic rings. The van der Waals surface area contributed by atoms with Crippen LogP contribution >= 0.6 is 0 Å². The molecule has 5 rings (SSSR count). The lowest BCUT2D eigenvalue weighted by Crippen LogP contribution is -2.55. The van der Waals surface area contributed by atoms with Crippen LogP contribution in [0.3, 0.4) is 0 Å². The number of piperazine rings is 1. The molecule has 0 aliphatic carbocycles. The SMILES string of the molecule is C[C@@H]1CN(c2ccc(-c3cc(CN4CCOCC4)ccc3F)cc2NC(=O)C2C=NC(=O)C=C2C(F)(F)F)C[C@H](C)N1C. The molecule has 3 aliphatic heterocycles. The number of halogens is 4. The number of anilines is 2. The zero-order valence-electron chi connectivity index (χ0n) is 24.3. The fourth-order valence-electron chi connectivity index (χ4n) is 5.76. The molecule has 2 aromatic rings. The minimum absolute atomic E-state index is 0.164. The Balaban J connectivity index is 1.51. The van der Waals surface area contributed by atoms with Crippen molar-refractivity contribution in [2.75, 3.05) is 56.7 Å². The first kappa shape index (κ1) is 30.8. The third-order valence-corrected chi connectivity index (χ3v) is 8.38. The van der Waals surface area contributed by atoms with Crippen LogP contribution in [0.1, 0.15) is 19.4 Å². The monoisotopic (exact) mass is 601 g/mol. The summed E-state index contributed by atoms with van der Waals surface area (Å²) in [5, 5.41) is 2.66. The molecule has 3 atom stereocenters. The molecule has 230 valence electrons. The summed E-state index contributed by atoms with van der Waals surface area (Å²) >= 11 is 0. The number of rotatable bonds is 6. The van der Waals surface area contributed by atoms with E-state index in [1.54, 1.807) is 30.3 Å². The van der Waals surface area contributed by atoms with E-state index in [4.69, 9.17) is 4.74 Å². The van der Waals surface area contributed by atoms with Crippen molar-refractivity contribution in [2.45, 2.75) is 38.7 Å². The number of aliphatic imine (C=N–C) groups is 1. The smallest absolute Gasteiger partial charge is 0.379 e. The maximum absolute atomic E-state index is 15.2. The van der Waals surface area contributed by atoms with Crippen molar-refractivity contribution in [3.63, 3.8) is 0 Å². The predicted molar refractivity (Wildman–Crippen MR) is 157 cm³/mol. The number of alkyl halides is 3. The Morgan fingerprint density at radius 3 is 2.44 bits per heavy atom. The predicted octanol–water partition coefficient (Wildman–Crippen LogP) is 4.51. The third-order valence-electron chi connectivity index (χ3n) is 8.38. The Morgan fingerprint density at radius 2 is 1.77 bits per heavy atom.